The van der Waals surface area contributed by atoms with E-state index in [0.717, 1.165) is 0 Å². The van der Waals surface area contributed by atoms with Crippen molar-refractivity contribution in [1.82, 2.24) is 49.1 Å². The largest absolute Gasteiger partial charge is 0.382 e. The Bertz CT molecular complexity index is 1990. The summed E-state index contributed by atoms with van der Waals surface area (Å²) in [4.78, 5) is 33.2. The van der Waals surface area contributed by atoms with Crippen LogP contribution in [0.25, 0.3) is 11.6 Å². The van der Waals surface area contributed by atoms with E-state index in [2.05, 4.69) is 50.8 Å². The van der Waals surface area contributed by atoms with Gasteiger partial charge in [-0.3, -0.25) is 9.59 Å². The molecular weight excluding hydrogens is 580 g/mol. The topological polar surface area (TPSA) is 233 Å². The number of nitrogens with zero attached hydrogens (tertiary/aromatic N) is 14. The summed E-state index contributed by atoms with van der Waals surface area (Å²) in [5, 5.41) is 34.4. The van der Waals surface area contributed by atoms with Crippen molar-refractivity contribution in [3.63, 3.8) is 0 Å². The van der Waals surface area contributed by atoms with E-state index in [9.17, 15) is 9.59 Å². The Morgan fingerprint density at radius 3 is 1.96 bits per heavy atom. The van der Waals surface area contributed by atoms with Crippen LogP contribution >= 0.6 is 0 Å². The van der Waals surface area contributed by atoms with Crippen LogP contribution in [0.3, 0.4) is 0 Å². The zero-order chi connectivity index (χ0) is 32.6. The van der Waals surface area contributed by atoms with Crippen LogP contribution in [0.5, 0.6) is 0 Å². The molecule has 0 bridgehead atoms. The standard InChI is InChI=1S/C27H30N16O2/c1-8-18-22(35-37-27-17(11-33-41(27)7)23(45)13(2)3)25(29)43(39-18)20-9-19(30-12-31-20)42-24(28)21(14(4)38-42)34-36-26-16(15(5)44)10-32-40(26)6/h8-13H,1-7H3,(H3-,28,29,32,33,36,37,38,39,44,45)/p+1. The molecule has 0 amide bonds. The molecular formula is C27H31N16O2+. The first-order chi connectivity index (χ1) is 21.4. The number of hydrogen-bond acceptors (Lipinski definition) is 14. The Labute approximate surface area is 256 Å². The van der Waals surface area contributed by atoms with Crippen molar-refractivity contribution in [3.8, 4) is 11.6 Å². The Balaban J connectivity index is 1.49. The fourth-order valence-electron chi connectivity index (χ4n) is 4.34. The lowest BCUT2D eigenvalue weighted by molar-refractivity contribution is 0.0939. The highest BCUT2D eigenvalue weighted by atomic mass is 16.1. The lowest BCUT2D eigenvalue weighted by Gasteiger charge is -2.05. The van der Waals surface area contributed by atoms with Crippen LogP contribution in [0.4, 0.5) is 34.6 Å². The zero-order valence-corrected chi connectivity index (χ0v) is 25.7. The summed E-state index contributed by atoms with van der Waals surface area (Å²) in [7, 11) is 3.33. The SMILES string of the molecule is C[CH+]c1nn(-c2cc(-n3nc(C)c(N=Nc4c(C(C)=O)cnn4C)c3N)ncn2)c(N)c1N=Nc1c(C(=O)C(C)C)cnn1C. The predicted octanol–water partition coefficient (Wildman–Crippen LogP) is 4.23. The maximum Gasteiger partial charge on any atom is 0.293 e. The molecule has 5 aromatic heterocycles. The van der Waals surface area contributed by atoms with Gasteiger partial charge in [-0.2, -0.15) is 24.7 Å². The number of anilines is 2. The van der Waals surface area contributed by atoms with Crippen molar-refractivity contribution in [3.05, 3.63) is 53.7 Å². The molecule has 45 heavy (non-hydrogen) atoms. The molecule has 0 fully saturated rings. The maximum atomic E-state index is 12.6. The number of hydrogen-bond donors (Lipinski definition) is 2. The van der Waals surface area contributed by atoms with Crippen molar-refractivity contribution in [1.29, 1.82) is 0 Å². The van der Waals surface area contributed by atoms with Crippen molar-refractivity contribution in [2.75, 3.05) is 11.5 Å². The van der Waals surface area contributed by atoms with Crippen LogP contribution in [0, 0.1) is 19.3 Å². The van der Waals surface area contributed by atoms with Crippen molar-refractivity contribution in [2.24, 2.45) is 40.5 Å². The Morgan fingerprint density at radius 1 is 0.844 bits per heavy atom. The highest BCUT2D eigenvalue weighted by molar-refractivity contribution is 6.01. The van der Waals surface area contributed by atoms with E-state index in [1.807, 2.05) is 0 Å². The van der Waals surface area contributed by atoms with Crippen molar-refractivity contribution < 1.29 is 9.59 Å². The van der Waals surface area contributed by atoms with Gasteiger partial charge in [0.15, 0.2) is 46.3 Å². The van der Waals surface area contributed by atoms with Gasteiger partial charge in [0.1, 0.15) is 6.33 Å². The van der Waals surface area contributed by atoms with E-state index in [0.29, 0.717) is 45.7 Å². The number of ketones is 2. The number of rotatable bonds is 10. The molecule has 0 spiro atoms. The van der Waals surface area contributed by atoms with E-state index in [1.54, 1.807) is 54.3 Å². The number of aryl methyl sites for hydroxylation is 3. The van der Waals surface area contributed by atoms with Crippen molar-refractivity contribution >= 4 is 46.2 Å². The molecule has 230 valence electrons. The molecule has 0 aliphatic rings. The average Bonchev–Trinajstić information content (AvgIpc) is 3.74. The summed E-state index contributed by atoms with van der Waals surface area (Å²) in [6.45, 7) is 8.52. The summed E-state index contributed by atoms with van der Waals surface area (Å²) in [6.07, 6.45) is 5.93. The van der Waals surface area contributed by atoms with Gasteiger partial charge in [-0.15, -0.1) is 20.4 Å². The number of azo groups is 2. The van der Waals surface area contributed by atoms with Gasteiger partial charge < -0.3 is 11.5 Å². The van der Waals surface area contributed by atoms with Gasteiger partial charge in [0.05, 0.1) is 35.6 Å². The molecule has 18 nitrogen and oxygen atoms in total. The minimum absolute atomic E-state index is 0.105. The highest BCUT2D eigenvalue weighted by Gasteiger charge is 2.27. The smallest absolute Gasteiger partial charge is 0.293 e. The first-order valence-corrected chi connectivity index (χ1v) is 13.7. The number of carbonyl (C=O) groups is 2. The Hall–Kier alpha value is -6.07. The molecule has 4 N–H and O–H groups in total. The number of aromatic nitrogens is 10. The van der Waals surface area contributed by atoms with E-state index in [-0.39, 0.29) is 40.6 Å². The minimum atomic E-state index is -0.241. The van der Waals surface area contributed by atoms with Crippen LogP contribution in [-0.4, -0.2) is 60.7 Å². The summed E-state index contributed by atoms with van der Waals surface area (Å²) in [5.74, 6) is 0.949. The van der Waals surface area contributed by atoms with Gasteiger partial charge in [-0.1, -0.05) is 13.8 Å². The van der Waals surface area contributed by atoms with Gasteiger partial charge in [0.2, 0.25) is 5.82 Å². The first-order valence-electron chi connectivity index (χ1n) is 13.7. The third-order valence-electron chi connectivity index (χ3n) is 6.80. The van der Waals surface area contributed by atoms with Gasteiger partial charge >= 0.3 is 0 Å². The van der Waals surface area contributed by atoms with Crippen LogP contribution in [-0.2, 0) is 14.1 Å². The molecule has 0 saturated carbocycles. The second-order valence-electron chi connectivity index (χ2n) is 10.3. The third-order valence-corrected chi connectivity index (χ3v) is 6.80. The first kappa shape index (κ1) is 30.4. The molecule has 0 atom stereocenters. The number of carbonyl (C=O) groups excluding carboxylic acids is 2. The molecule has 5 heterocycles. The second kappa shape index (κ2) is 11.9. The lowest BCUT2D eigenvalue weighted by Crippen LogP contribution is -2.09. The number of nitrogens with two attached hydrogens (primary N) is 2. The summed E-state index contributed by atoms with van der Waals surface area (Å²) < 4.78 is 5.68. The molecule has 0 aliphatic heterocycles. The fourth-order valence-corrected chi connectivity index (χ4v) is 4.34. The van der Waals surface area contributed by atoms with Gasteiger partial charge in [0.25, 0.3) is 11.4 Å². The van der Waals surface area contributed by atoms with Crippen LogP contribution < -0.4 is 11.5 Å². The second-order valence-corrected chi connectivity index (χ2v) is 10.3. The third kappa shape index (κ3) is 5.55. The van der Waals surface area contributed by atoms with E-state index < -0.39 is 0 Å². The Kier molecular flexibility index (Phi) is 8.04. The minimum Gasteiger partial charge on any atom is -0.382 e. The molecule has 0 radical (unpaired) electrons. The van der Waals surface area contributed by atoms with Gasteiger partial charge in [0, 0.05) is 33.0 Å². The summed E-state index contributed by atoms with van der Waals surface area (Å²) >= 11 is 0. The van der Waals surface area contributed by atoms with E-state index in [4.69, 9.17) is 11.5 Å². The molecule has 0 unspecified atom stereocenters. The predicted molar refractivity (Wildman–Crippen MR) is 163 cm³/mol. The van der Waals surface area contributed by atoms with E-state index >= 15 is 0 Å². The highest BCUT2D eigenvalue weighted by Crippen LogP contribution is 2.34. The Morgan fingerprint density at radius 2 is 1.38 bits per heavy atom. The summed E-state index contributed by atoms with van der Waals surface area (Å²) in [6, 6.07) is 1.59. The molecule has 18 heteroatoms. The maximum absolute atomic E-state index is 12.6. The zero-order valence-electron chi connectivity index (χ0n) is 25.7. The van der Waals surface area contributed by atoms with E-state index in [1.165, 1.54) is 44.4 Å². The average molecular weight is 612 g/mol. The molecule has 0 aromatic carbocycles. The molecule has 5 rings (SSSR count). The molecule has 5 aromatic rings. The molecule has 0 aliphatic carbocycles. The number of nitrogen functional groups attached to an aromatic ring is 2. The number of Topliss-reactive ketones (excluding diaryl/α,β-unsaturated/α-hetero) is 2. The quantitative estimate of drug-likeness (QED) is 0.129. The lowest BCUT2D eigenvalue weighted by atomic mass is 10.0. The molecule has 0 saturated heterocycles. The fraction of sp³-hybridized carbons (Fsp3) is 0.296. The van der Waals surface area contributed by atoms with Gasteiger partial charge in [-0.25, -0.2) is 19.3 Å². The van der Waals surface area contributed by atoms with Crippen LogP contribution in [0.2, 0.25) is 0 Å². The van der Waals surface area contributed by atoms with Crippen molar-refractivity contribution in [2.45, 2.75) is 34.6 Å². The monoisotopic (exact) mass is 611 g/mol. The normalized spacial score (nSPS) is 11.8. The van der Waals surface area contributed by atoms with Gasteiger partial charge in [-0.05, 0) is 19.0 Å². The summed E-state index contributed by atoms with van der Waals surface area (Å²) in [5.41, 5.74) is 15.1. The van der Waals surface area contributed by atoms with Crippen LogP contribution in [0.15, 0.2) is 45.2 Å². The van der Waals surface area contributed by atoms with Crippen LogP contribution in [0.1, 0.15) is 59.8 Å².